The second-order valence-electron chi connectivity index (χ2n) is 5.25. The number of rotatable bonds is 9. The summed E-state index contributed by atoms with van der Waals surface area (Å²) in [5, 5.41) is 8.79. The first-order chi connectivity index (χ1) is 9.98. The number of aryl methyl sites for hydroxylation is 1. The van der Waals surface area contributed by atoms with E-state index in [9.17, 15) is 9.00 Å². The number of carboxylic acid groups (broad SMARTS) is 1. The first-order valence-corrected chi connectivity index (χ1v) is 9.15. The van der Waals surface area contributed by atoms with Gasteiger partial charge in [-0.3, -0.25) is 4.79 Å². The Bertz CT molecular complexity index is 557. The van der Waals surface area contributed by atoms with Gasteiger partial charge in [-0.15, -0.1) is 0 Å². The van der Waals surface area contributed by atoms with Crippen molar-refractivity contribution in [2.24, 2.45) is 4.36 Å². The summed E-state index contributed by atoms with van der Waals surface area (Å²) in [6.45, 7) is 3.71. The highest BCUT2D eigenvalue weighted by Crippen LogP contribution is 2.17. The van der Waals surface area contributed by atoms with Crippen molar-refractivity contribution in [3.05, 3.63) is 29.8 Å². The molecule has 0 amide bonds. The zero-order valence-electron chi connectivity index (χ0n) is 12.9. The molecule has 1 atom stereocenters. The summed E-state index contributed by atoms with van der Waals surface area (Å²) in [6, 6.07) is 7.38. The van der Waals surface area contributed by atoms with Gasteiger partial charge in [-0.1, -0.05) is 50.3 Å². The largest absolute Gasteiger partial charge is 0.480 e. The fraction of sp³-hybridized carbons (Fsp3) is 0.562. The molecule has 21 heavy (non-hydrogen) atoms. The second-order valence-corrected chi connectivity index (χ2v) is 7.67. The van der Waals surface area contributed by atoms with E-state index < -0.39 is 22.2 Å². The fourth-order valence-corrected chi connectivity index (χ4v) is 4.06. The summed E-state index contributed by atoms with van der Waals surface area (Å²) in [5.74, 6) is -0.603. The molecule has 0 aromatic heterocycles. The van der Waals surface area contributed by atoms with Crippen molar-refractivity contribution in [2.45, 2.75) is 50.8 Å². The van der Waals surface area contributed by atoms with E-state index in [0.29, 0.717) is 10.6 Å². The summed E-state index contributed by atoms with van der Waals surface area (Å²) in [7, 11) is -2.62. The van der Waals surface area contributed by atoms with E-state index in [-0.39, 0.29) is 0 Å². The molecule has 0 fully saturated rings. The van der Waals surface area contributed by atoms with E-state index >= 15 is 0 Å². The van der Waals surface area contributed by atoms with Gasteiger partial charge in [0.2, 0.25) is 0 Å². The van der Waals surface area contributed by atoms with Crippen molar-refractivity contribution < 1.29 is 14.1 Å². The summed E-state index contributed by atoms with van der Waals surface area (Å²) >= 11 is 0. The summed E-state index contributed by atoms with van der Waals surface area (Å²) in [4.78, 5) is 11.4. The number of carbonyl (C=O) groups is 1. The van der Waals surface area contributed by atoms with Gasteiger partial charge < -0.3 is 5.11 Å². The second kappa shape index (κ2) is 8.82. The van der Waals surface area contributed by atoms with Crippen molar-refractivity contribution in [3.63, 3.8) is 0 Å². The maximum absolute atomic E-state index is 13.0. The van der Waals surface area contributed by atoms with Crippen LogP contribution in [0.5, 0.6) is 0 Å². The zero-order chi connectivity index (χ0) is 15.7. The van der Waals surface area contributed by atoms with Gasteiger partial charge in [0, 0.05) is 10.6 Å². The third-order valence-corrected chi connectivity index (χ3v) is 5.72. The molecule has 5 heteroatoms. The van der Waals surface area contributed by atoms with Gasteiger partial charge in [-0.25, -0.2) is 8.57 Å². The molecule has 118 valence electrons. The van der Waals surface area contributed by atoms with Crippen molar-refractivity contribution in [3.8, 4) is 0 Å². The average molecular weight is 311 g/mol. The molecule has 1 rings (SSSR count). The van der Waals surface area contributed by atoms with E-state index in [2.05, 4.69) is 11.3 Å². The Morgan fingerprint density at radius 1 is 1.14 bits per heavy atom. The Morgan fingerprint density at radius 3 is 2.33 bits per heavy atom. The molecule has 1 unspecified atom stereocenters. The van der Waals surface area contributed by atoms with E-state index in [0.717, 1.165) is 31.2 Å². The molecule has 0 saturated heterocycles. The number of benzene rings is 1. The summed E-state index contributed by atoms with van der Waals surface area (Å²) < 4.78 is 17.0. The van der Waals surface area contributed by atoms with Crippen LogP contribution in [0.25, 0.3) is 0 Å². The van der Waals surface area contributed by atoms with Gasteiger partial charge in [0.15, 0.2) is 0 Å². The van der Waals surface area contributed by atoms with Crippen LogP contribution in [0, 0.1) is 6.92 Å². The average Bonchev–Trinajstić information content (AvgIpc) is 2.45. The number of aliphatic carboxylic acids is 1. The highest BCUT2D eigenvalue weighted by molar-refractivity contribution is 7.93. The van der Waals surface area contributed by atoms with Crippen LogP contribution in [0.15, 0.2) is 33.5 Å². The van der Waals surface area contributed by atoms with E-state index in [1.807, 2.05) is 19.1 Å². The van der Waals surface area contributed by atoms with Crippen molar-refractivity contribution in [1.29, 1.82) is 0 Å². The van der Waals surface area contributed by atoms with E-state index in [1.165, 1.54) is 6.42 Å². The number of carboxylic acids is 1. The number of nitrogens with zero attached hydrogens (tertiary/aromatic N) is 1. The van der Waals surface area contributed by atoms with Gasteiger partial charge in [-0.2, -0.15) is 0 Å². The quantitative estimate of drug-likeness (QED) is 0.704. The van der Waals surface area contributed by atoms with E-state index in [4.69, 9.17) is 5.11 Å². The van der Waals surface area contributed by atoms with E-state index in [1.54, 1.807) is 12.1 Å². The lowest BCUT2D eigenvalue weighted by atomic mass is 10.2. The topological polar surface area (TPSA) is 66.7 Å². The molecule has 0 radical (unpaired) electrons. The van der Waals surface area contributed by atoms with Crippen LogP contribution < -0.4 is 0 Å². The first-order valence-electron chi connectivity index (χ1n) is 7.47. The van der Waals surface area contributed by atoms with Crippen LogP contribution in [0.3, 0.4) is 0 Å². The first kappa shape index (κ1) is 17.7. The Labute approximate surface area is 127 Å². The van der Waals surface area contributed by atoms with Crippen LogP contribution in [-0.4, -0.2) is 27.6 Å². The number of unbranched alkanes of at least 4 members (excludes halogenated alkanes) is 4. The minimum absolute atomic E-state index is 0.401. The highest BCUT2D eigenvalue weighted by Gasteiger charge is 2.13. The van der Waals surface area contributed by atoms with Gasteiger partial charge in [0.05, 0.1) is 9.73 Å². The molecule has 1 N–H and O–H groups in total. The Kier molecular flexibility index (Phi) is 7.43. The molecular formula is C16H25NO3S. The van der Waals surface area contributed by atoms with Crippen molar-refractivity contribution in [1.82, 2.24) is 0 Å². The molecule has 0 saturated carbocycles. The molecule has 0 aliphatic heterocycles. The molecule has 0 spiro atoms. The van der Waals surface area contributed by atoms with Crippen LogP contribution >= 0.6 is 0 Å². The number of hydrogen-bond acceptors (Lipinski definition) is 3. The monoisotopic (exact) mass is 311 g/mol. The van der Waals surface area contributed by atoms with Gasteiger partial charge in [0.25, 0.3) is 0 Å². The SMILES string of the molecule is CCCCCCCS(=O)(=NCC(=O)O)c1ccc(C)cc1. The smallest absolute Gasteiger partial charge is 0.326 e. The summed E-state index contributed by atoms with van der Waals surface area (Å²) in [6.07, 6.45) is 5.29. The molecule has 0 aliphatic carbocycles. The molecule has 1 aromatic rings. The Morgan fingerprint density at radius 2 is 1.76 bits per heavy atom. The highest BCUT2D eigenvalue weighted by atomic mass is 32.2. The van der Waals surface area contributed by atoms with Gasteiger partial charge in [0.1, 0.15) is 6.54 Å². The molecule has 0 aliphatic rings. The lowest BCUT2D eigenvalue weighted by molar-refractivity contribution is -0.135. The predicted octanol–water partition coefficient (Wildman–Crippen LogP) is 3.88. The maximum Gasteiger partial charge on any atom is 0.326 e. The Hall–Kier alpha value is -1.36. The third-order valence-electron chi connectivity index (χ3n) is 3.32. The normalized spacial score (nSPS) is 13.6. The predicted molar refractivity (Wildman–Crippen MR) is 86.1 cm³/mol. The molecular weight excluding hydrogens is 286 g/mol. The number of hydrogen-bond donors (Lipinski definition) is 1. The standard InChI is InChI=1S/C16H25NO3S/c1-3-4-5-6-7-12-21(20,17-13-16(18)19)15-10-8-14(2)9-11-15/h8-11H,3-7,12-13H2,1-2H3,(H,18,19). The zero-order valence-corrected chi connectivity index (χ0v) is 13.7. The Balaban J connectivity index is 2.85. The van der Waals surface area contributed by atoms with Crippen molar-refractivity contribution >= 4 is 15.7 Å². The summed E-state index contributed by atoms with van der Waals surface area (Å²) in [5.41, 5.74) is 1.08. The third kappa shape index (κ3) is 6.29. The molecule has 0 bridgehead atoms. The van der Waals surface area contributed by atoms with Crippen LogP contribution in [-0.2, 0) is 14.5 Å². The van der Waals surface area contributed by atoms with Gasteiger partial charge >= 0.3 is 5.97 Å². The lowest BCUT2D eigenvalue weighted by Gasteiger charge is -2.10. The van der Waals surface area contributed by atoms with Crippen molar-refractivity contribution in [2.75, 3.05) is 12.3 Å². The minimum atomic E-state index is -2.62. The molecule has 0 heterocycles. The maximum atomic E-state index is 13.0. The lowest BCUT2D eigenvalue weighted by Crippen LogP contribution is -2.11. The van der Waals surface area contributed by atoms with Crippen LogP contribution in [0.2, 0.25) is 0 Å². The van der Waals surface area contributed by atoms with Crippen LogP contribution in [0.4, 0.5) is 0 Å². The van der Waals surface area contributed by atoms with Crippen LogP contribution in [0.1, 0.15) is 44.6 Å². The minimum Gasteiger partial charge on any atom is -0.480 e. The molecule has 1 aromatic carbocycles. The fourth-order valence-electron chi connectivity index (χ4n) is 2.07. The van der Waals surface area contributed by atoms with Gasteiger partial charge in [-0.05, 0) is 25.5 Å². The molecule has 4 nitrogen and oxygen atoms in total.